The summed E-state index contributed by atoms with van der Waals surface area (Å²) in [5.74, 6) is 1.33. The van der Waals surface area contributed by atoms with Gasteiger partial charge in [-0.25, -0.2) is 4.98 Å². The van der Waals surface area contributed by atoms with Gasteiger partial charge in [-0.15, -0.1) is 11.8 Å². The van der Waals surface area contributed by atoms with E-state index in [0.717, 1.165) is 17.0 Å². The van der Waals surface area contributed by atoms with Crippen LogP contribution in [0, 0.1) is 3.57 Å². The Hall–Kier alpha value is -0.530. The number of halogens is 2. The first kappa shape index (κ1) is 14.9. The van der Waals surface area contributed by atoms with Gasteiger partial charge in [0.25, 0.3) is 5.56 Å². The SMILES string of the molecule is CCc1nc(CSc2cccc(Cl)c2)[nH]c(=O)c1I. The molecule has 0 aliphatic carbocycles. The van der Waals surface area contributed by atoms with Crippen LogP contribution in [-0.4, -0.2) is 9.97 Å². The van der Waals surface area contributed by atoms with Crippen LogP contribution in [0.2, 0.25) is 5.02 Å². The van der Waals surface area contributed by atoms with Crippen molar-refractivity contribution < 1.29 is 0 Å². The van der Waals surface area contributed by atoms with Crippen LogP contribution in [0.1, 0.15) is 18.4 Å². The fourth-order valence-corrected chi connectivity index (χ4v) is 3.29. The average molecular weight is 407 g/mol. The minimum atomic E-state index is -0.0610. The van der Waals surface area contributed by atoms with Crippen LogP contribution in [0.15, 0.2) is 34.0 Å². The Bertz CT molecular complexity index is 645. The summed E-state index contributed by atoms with van der Waals surface area (Å²) in [6.45, 7) is 2.00. The van der Waals surface area contributed by atoms with Crippen LogP contribution in [0.25, 0.3) is 0 Å². The number of aromatic nitrogens is 2. The molecule has 1 aromatic heterocycles. The molecular formula is C13H12ClIN2OS. The van der Waals surface area contributed by atoms with Crippen molar-refractivity contribution in [3.8, 4) is 0 Å². The van der Waals surface area contributed by atoms with Crippen molar-refractivity contribution in [2.45, 2.75) is 24.0 Å². The van der Waals surface area contributed by atoms with Crippen LogP contribution in [-0.2, 0) is 12.2 Å². The van der Waals surface area contributed by atoms with E-state index >= 15 is 0 Å². The second-order valence-electron chi connectivity index (χ2n) is 3.87. The number of hydrogen-bond donors (Lipinski definition) is 1. The van der Waals surface area contributed by atoms with Crippen LogP contribution >= 0.6 is 46.0 Å². The fourth-order valence-electron chi connectivity index (χ4n) is 1.57. The van der Waals surface area contributed by atoms with Gasteiger partial charge >= 0.3 is 0 Å². The summed E-state index contributed by atoms with van der Waals surface area (Å²) >= 11 is 9.57. The monoisotopic (exact) mass is 406 g/mol. The minimum absolute atomic E-state index is 0.0610. The molecule has 0 radical (unpaired) electrons. The number of hydrogen-bond acceptors (Lipinski definition) is 3. The topological polar surface area (TPSA) is 45.8 Å². The number of aryl methyl sites for hydroxylation is 1. The summed E-state index contributed by atoms with van der Waals surface area (Å²) < 4.78 is 0.677. The standard InChI is InChI=1S/C13H12ClIN2OS/c1-2-10-12(15)13(18)17-11(16-10)7-19-9-5-3-4-8(14)6-9/h3-6H,2,7H2,1H3,(H,16,17,18). The Morgan fingerprint density at radius 3 is 2.95 bits per heavy atom. The molecule has 0 fully saturated rings. The van der Waals surface area contributed by atoms with Crippen molar-refractivity contribution in [1.82, 2.24) is 9.97 Å². The maximum atomic E-state index is 11.8. The van der Waals surface area contributed by atoms with Gasteiger partial charge < -0.3 is 4.98 Å². The van der Waals surface area contributed by atoms with Gasteiger partial charge in [-0.1, -0.05) is 24.6 Å². The second-order valence-corrected chi connectivity index (χ2v) is 6.44. The summed E-state index contributed by atoms with van der Waals surface area (Å²) in [7, 11) is 0. The third-order valence-electron chi connectivity index (χ3n) is 2.49. The van der Waals surface area contributed by atoms with Crippen molar-refractivity contribution in [3.05, 3.63) is 54.7 Å². The van der Waals surface area contributed by atoms with Gasteiger partial charge in [-0.2, -0.15) is 0 Å². The maximum Gasteiger partial charge on any atom is 0.264 e. The average Bonchev–Trinajstić information content (AvgIpc) is 2.40. The Balaban J connectivity index is 2.16. The lowest BCUT2D eigenvalue weighted by molar-refractivity contribution is 0.905. The molecule has 0 saturated heterocycles. The van der Waals surface area contributed by atoms with E-state index in [1.807, 2.05) is 53.8 Å². The van der Waals surface area contributed by atoms with Crippen LogP contribution in [0.3, 0.4) is 0 Å². The molecule has 0 aliphatic heterocycles. The van der Waals surface area contributed by atoms with Crippen LogP contribution in [0.4, 0.5) is 0 Å². The summed E-state index contributed by atoms with van der Waals surface area (Å²) in [5, 5.41) is 0.711. The molecule has 2 rings (SSSR count). The van der Waals surface area contributed by atoms with E-state index in [9.17, 15) is 4.79 Å². The predicted octanol–water partition coefficient (Wildman–Crippen LogP) is 3.88. The molecule has 100 valence electrons. The van der Waals surface area contributed by atoms with E-state index in [-0.39, 0.29) is 5.56 Å². The zero-order valence-corrected chi connectivity index (χ0v) is 14.0. The number of H-pyrrole nitrogens is 1. The molecule has 0 unspecified atom stereocenters. The number of nitrogens with zero attached hydrogens (tertiary/aromatic N) is 1. The van der Waals surface area contributed by atoms with Crippen molar-refractivity contribution in [2.24, 2.45) is 0 Å². The first-order valence-corrected chi connectivity index (χ1v) is 8.20. The van der Waals surface area contributed by atoms with E-state index in [1.165, 1.54) is 0 Å². The van der Waals surface area contributed by atoms with Gasteiger partial charge in [0.1, 0.15) is 5.82 Å². The number of aromatic amines is 1. The second kappa shape index (κ2) is 6.76. The molecule has 1 aromatic carbocycles. The Morgan fingerprint density at radius 1 is 1.47 bits per heavy atom. The Kier molecular flexibility index (Phi) is 5.29. The van der Waals surface area contributed by atoms with Crippen molar-refractivity contribution in [1.29, 1.82) is 0 Å². The third-order valence-corrected chi connectivity index (χ3v) is 4.84. The van der Waals surface area contributed by atoms with E-state index in [4.69, 9.17) is 11.6 Å². The van der Waals surface area contributed by atoms with Crippen molar-refractivity contribution >= 4 is 46.0 Å². The van der Waals surface area contributed by atoms with Crippen LogP contribution in [0.5, 0.6) is 0 Å². The maximum absolute atomic E-state index is 11.8. The zero-order valence-electron chi connectivity index (χ0n) is 10.2. The van der Waals surface area contributed by atoms with Gasteiger partial charge in [0.15, 0.2) is 0 Å². The highest BCUT2D eigenvalue weighted by Gasteiger charge is 2.07. The molecule has 3 nitrogen and oxygen atoms in total. The first-order valence-electron chi connectivity index (χ1n) is 5.76. The molecular weight excluding hydrogens is 395 g/mol. The largest absolute Gasteiger partial charge is 0.309 e. The molecule has 0 spiro atoms. The summed E-state index contributed by atoms with van der Waals surface area (Å²) in [5.41, 5.74) is 0.792. The Morgan fingerprint density at radius 2 is 2.26 bits per heavy atom. The highest BCUT2D eigenvalue weighted by Crippen LogP contribution is 2.24. The van der Waals surface area contributed by atoms with Gasteiger partial charge in [0.05, 0.1) is 15.0 Å². The van der Waals surface area contributed by atoms with Gasteiger partial charge in [-0.3, -0.25) is 4.79 Å². The van der Waals surface area contributed by atoms with Gasteiger partial charge in [-0.05, 0) is 47.2 Å². The van der Waals surface area contributed by atoms with Crippen molar-refractivity contribution in [2.75, 3.05) is 0 Å². The highest BCUT2D eigenvalue weighted by molar-refractivity contribution is 14.1. The molecule has 0 bridgehead atoms. The van der Waals surface area contributed by atoms with E-state index < -0.39 is 0 Å². The molecule has 1 heterocycles. The quantitative estimate of drug-likeness (QED) is 0.619. The highest BCUT2D eigenvalue weighted by atomic mass is 127. The molecule has 2 aromatic rings. The van der Waals surface area contributed by atoms with E-state index in [0.29, 0.717) is 20.2 Å². The van der Waals surface area contributed by atoms with E-state index in [1.54, 1.807) is 11.8 Å². The lowest BCUT2D eigenvalue weighted by Crippen LogP contribution is -2.17. The molecule has 0 amide bonds. The molecule has 0 saturated carbocycles. The smallest absolute Gasteiger partial charge is 0.264 e. The summed E-state index contributed by atoms with van der Waals surface area (Å²) in [6.07, 6.45) is 0.761. The van der Waals surface area contributed by atoms with Gasteiger partial charge in [0, 0.05) is 9.92 Å². The number of rotatable bonds is 4. The van der Waals surface area contributed by atoms with Gasteiger partial charge in [0.2, 0.25) is 0 Å². The zero-order chi connectivity index (χ0) is 13.8. The predicted molar refractivity (Wildman–Crippen MR) is 88.0 cm³/mol. The third kappa shape index (κ3) is 3.97. The van der Waals surface area contributed by atoms with Crippen molar-refractivity contribution in [3.63, 3.8) is 0 Å². The molecule has 0 aliphatic rings. The number of thioether (sulfide) groups is 1. The number of nitrogens with one attached hydrogen (secondary N) is 1. The molecule has 1 N–H and O–H groups in total. The Labute approximate surface area is 134 Å². The minimum Gasteiger partial charge on any atom is -0.309 e. The molecule has 6 heteroatoms. The first-order chi connectivity index (χ1) is 9.10. The lowest BCUT2D eigenvalue weighted by Gasteiger charge is -2.05. The normalized spacial score (nSPS) is 10.7. The lowest BCUT2D eigenvalue weighted by atomic mass is 10.3. The molecule has 19 heavy (non-hydrogen) atoms. The fraction of sp³-hybridized carbons (Fsp3) is 0.231. The van der Waals surface area contributed by atoms with Crippen LogP contribution < -0.4 is 5.56 Å². The van der Waals surface area contributed by atoms with E-state index in [2.05, 4.69) is 9.97 Å². The summed E-state index contributed by atoms with van der Waals surface area (Å²) in [4.78, 5) is 20.1. The molecule has 0 atom stereocenters. The number of benzene rings is 1. The summed E-state index contributed by atoms with van der Waals surface area (Å²) in [6, 6.07) is 7.64.